The molecule has 0 bridgehead atoms. The molecule has 0 spiro atoms. The van der Waals surface area contributed by atoms with E-state index in [0.717, 1.165) is 91.5 Å². The minimum atomic E-state index is -0.0688. The van der Waals surface area contributed by atoms with Gasteiger partial charge in [-0.25, -0.2) is 0 Å². The van der Waals surface area contributed by atoms with Crippen LogP contribution in [0.5, 0.6) is 51.7 Å². The highest BCUT2D eigenvalue weighted by atomic mass is 16.6. The minimum Gasteiger partial charge on any atom is -0.504 e. The number of benzene rings is 3. The van der Waals surface area contributed by atoms with Crippen molar-refractivity contribution < 1.29 is 33.9 Å². The van der Waals surface area contributed by atoms with Crippen molar-refractivity contribution in [3.05, 3.63) is 51.6 Å². The van der Waals surface area contributed by atoms with Gasteiger partial charge in [0.25, 0.3) is 0 Å². The van der Waals surface area contributed by atoms with Gasteiger partial charge in [0.1, 0.15) is 0 Å². The Morgan fingerprint density at radius 3 is 1.31 bits per heavy atom. The van der Waals surface area contributed by atoms with Gasteiger partial charge < -0.3 is 33.9 Å². The molecule has 2 N–H and O–H groups in total. The molecule has 0 fully saturated rings. The molecule has 0 unspecified atom stereocenters. The highest BCUT2D eigenvalue weighted by Gasteiger charge is 2.39. The van der Waals surface area contributed by atoms with Gasteiger partial charge in [-0.2, -0.15) is 0 Å². The topological polar surface area (TPSA) is 96.3 Å². The summed E-state index contributed by atoms with van der Waals surface area (Å²) >= 11 is 0. The van der Waals surface area contributed by atoms with E-state index in [1.54, 1.807) is 21.3 Å². The molecule has 0 saturated carbocycles. The number of rotatable bonds is 13. The van der Waals surface area contributed by atoms with Crippen molar-refractivity contribution >= 4 is 0 Å². The summed E-state index contributed by atoms with van der Waals surface area (Å²) in [6, 6.07) is 6.06. The van der Waals surface area contributed by atoms with Gasteiger partial charge in [-0.1, -0.05) is 41.5 Å². The average Bonchev–Trinajstić information content (AvgIpc) is 3.13. The third-order valence-corrected chi connectivity index (χ3v) is 12.0. The molecule has 0 aromatic heterocycles. The second-order valence-electron chi connectivity index (χ2n) is 17.3. The van der Waals surface area contributed by atoms with Crippen LogP contribution in [0.1, 0.15) is 112 Å². The van der Waals surface area contributed by atoms with E-state index in [1.807, 2.05) is 12.1 Å². The number of phenolic OH excluding ortho intramolecular Hbond substituents is 2. The number of hydrogen-bond acceptors (Lipinski definition) is 10. The Morgan fingerprint density at radius 2 is 0.873 bits per heavy atom. The molecule has 10 nitrogen and oxygen atoms in total. The summed E-state index contributed by atoms with van der Waals surface area (Å²) in [6.45, 7) is 16.0. The van der Waals surface area contributed by atoms with Crippen molar-refractivity contribution in [3.8, 4) is 51.7 Å². The quantitative estimate of drug-likeness (QED) is 0.176. The summed E-state index contributed by atoms with van der Waals surface area (Å²) in [7, 11) is 11.2. The van der Waals surface area contributed by atoms with Crippen LogP contribution in [0, 0.1) is 17.8 Å². The zero-order chi connectivity index (χ0) is 39.9. The zero-order valence-electron chi connectivity index (χ0n) is 35.3. The summed E-state index contributed by atoms with van der Waals surface area (Å²) < 4.78 is 32.3. The van der Waals surface area contributed by atoms with E-state index in [1.165, 1.54) is 0 Å². The van der Waals surface area contributed by atoms with Gasteiger partial charge in [-0.05, 0) is 112 Å². The third-order valence-electron chi connectivity index (χ3n) is 12.0. The van der Waals surface area contributed by atoms with Crippen LogP contribution < -0.4 is 23.7 Å². The van der Waals surface area contributed by atoms with E-state index < -0.39 is 0 Å². The molecular weight excluding hydrogens is 695 g/mol. The maximum Gasteiger partial charge on any atom is 0.212 e. The molecule has 3 heterocycles. The number of phenols is 2. The molecular formula is C45H65N3O7. The zero-order valence-corrected chi connectivity index (χ0v) is 35.3. The number of nitrogens with zero attached hydrogens (tertiary/aromatic N) is 3. The fourth-order valence-corrected chi connectivity index (χ4v) is 9.10. The summed E-state index contributed by atoms with van der Waals surface area (Å²) in [5.41, 5.74) is 6.06. The number of likely N-dealkylation sites (N-methyl/N-ethyl adjacent to an activating group) is 3. The van der Waals surface area contributed by atoms with Crippen molar-refractivity contribution in [1.29, 1.82) is 0 Å². The van der Waals surface area contributed by atoms with E-state index >= 15 is 0 Å². The number of aromatic hydroxyl groups is 2. The van der Waals surface area contributed by atoms with Crippen molar-refractivity contribution in [2.75, 3.05) is 62.1 Å². The maximum absolute atomic E-state index is 12.4. The van der Waals surface area contributed by atoms with Crippen LogP contribution >= 0.6 is 0 Å². The molecule has 55 heavy (non-hydrogen) atoms. The first-order chi connectivity index (χ1) is 26.2. The normalized spacial score (nSPS) is 20.4. The standard InChI is InChI=1S/C45H65N3O7/c1-25(2)19-31-37-28(13-16-46(31)7)23-35(52-11)42(41(37)50)54-45-39-30(15-18-48(9)33(39)21-27(5)6)24-36(53-12)43(45)55-44-38-29(22-34(51-10)40(44)49)14-17-47(8)32(38)20-26(3)4/h22-27,31-33,49-50H,13-21H2,1-12H3/t31-,32+,33+/m0/s1. The summed E-state index contributed by atoms with van der Waals surface area (Å²) in [5.74, 6) is 3.88. The number of hydrogen-bond donors (Lipinski definition) is 2. The first kappa shape index (κ1) is 40.8. The molecule has 3 aliphatic heterocycles. The van der Waals surface area contributed by atoms with Crippen LogP contribution in [0.3, 0.4) is 0 Å². The lowest BCUT2D eigenvalue weighted by Gasteiger charge is -2.39. The van der Waals surface area contributed by atoms with Crippen LogP contribution in [0.25, 0.3) is 0 Å². The molecule has 302 valence electrons. The van der Waals surface area contributed by atoms with Crippen LogP contribution in [0.4, 0.5) is 0 Å². The lowest BCUT2D eigenvalue weighted by molar-refractivity contribution is 0.191. The first-order valence-electron chi connectivity index (χ1n) is 20.2. The van der Waals surface area contributed by atoms with Gasteiger partial charge in [-0.15, -0.1) is 0 Å². The van der Waals surface area contributed by atoms with Gasteiger partial charge in [0.2, 0.25) is 17.2 Å². The third kappa shape index (κ3) is 7.92. The predicted octanol–water partition coefficient (Wildman–Crippen LogP) is 9.43. The number of methoxy groups -OCH3 is 3. The number of ether oxygens (including phenoxy) is 5. The van der Waals surface area contributed by atoms with Crippen molar-refractivity contribution in [3.63, 3.8) is 0 Å². The monoisotopic (exact) mass is 759 g/mol. The predicted molar refractivity (Wildman–Crippen MR) is 218 cm³/mol. The maximum atomic E-state index is 12.4. The second kappa shape index (κ2) is 16.7. The average molecular weight is 760 g/mol. The van der Waals surface area contributed by atoms with Crippen molar-refractivity contribution in [1.82, 2.24) is 14.7 Å². The molecule has 0 radical (unpaired) electrons. The Morgan fingerprint density at radius 1 is 0.509 bits per heavy atom. The Hall–Kier alpha value is -3.86. The molecule has 6 rings (SSSR count). The van der Waals surface area contributed by atoms with Gasteiger partial charge >= 0.3 is 0 Å². The van der Waals surface area contributed by atoms with Crippen LogP contribution in [-0.4, -0.2) is 87.0 Å². The highest BCUT2D eigenvalue weighted by Crippen LogP contribution is 2.58. The fraction of sp³-hybridized carbons (Fsp3) is 0.600. The molecule has 10 heteroatoms. The smallest absolute Gasteiger partial charge is 0.212 e. The molecule has 3 aliphatic rings. The van der Waals surface area contributed by atoms with Crippen LogP contribution in [0.2, 0.25) is 0 Å². The van der Waals surface area contributed by atoms with Crippen molar-refractivity contribution in [2.45, 2.75) is 98.2 Å². The largest absolute Gasteiger partial charge is 0.504 e. The van der Waals surface area contributed by atoms with Crippen LogP contribution in [0.15, 0.2) is 18.2 Å². The van der Waals surface area contributed by atoms with Gasteiger partial charge in [0, 0.05) is 54.5 Å². The Bertz CT molecular complexity index is 1860. The van der Waals surface area contributed by atoms with E-state index in [9.17, 15) is 10.2 Å². The van der Waals surface area contributed by atoms with Gasteiger partial charge in [0.05, 0.1) is 21.3 Å². The Kier molecular flexibility index (Phi) is 12.4. The van der Waals surface area contributed by atoms with E-state index in [2.05, 4.69) is 83.5 Å². The van der Waals surface area contributed by atoms with E-state index in [4.69, 9.17) is 23.7 Å². The first-order valence-corrected chi connectivity index (χ1v) is 20.2. The SMILES string of the molecule is COc1cc2c(c(Oc3c(OC)cc4c(c3Oc3c(OC)cc5c(c3O)[C@H](CC(C)C)N(C)CC5)[C@@H](CC(C)C)N(C)CC4)c1O)[C@@H](CC(C)C)N(C)CC2. The van der Waals surface area contributed by atoms with E-state index in [-0.39, 0.29) is 35.4 Å². The Balaban J connectivity index is 1.64. The molecule has 3 aromatic rings. The minimum absolute atomic E-state index is 0.00281. The lowest BCUT2D eigenvalue weighted by Crippen LogP contribution is -2.34. The molecule has 0 amide bonds. The fourth-order valence-electron chi connectivity index (χ4n) is 9.10. The molecule has 0 aliphatic carbocycles. The van der Waals surface area contributed by atoms with Crippen molar-refractivity contribution in [2.24, 2.45) is 17.8 Å². The molecule has 3 atom stereocenters. The lowest BCUT2D eigenvalue weighted by atomic mass is 9.85. The summed E-state index contributed by atoms with van der Waals surface area (Å²) in [5, 5.41) is 24.4. The summed E-state index contributed by atoms with van der Waals surface area (Å²) in [6.07, 6.45) is 5.00. The summed E-state index contributed by atoms with van der Waals surface area (Å²) in [4.78, 5) is 7.05. The second-order valence-corrected chi connectivity index (χ2v) is 17.3. The number of fused-ring (bicyclic) bond motifs is 3. The van der Waals surface area contributed by atoms with Crippen LogP contribution in [-0.2, 0) is 19.3 Å². The highest BCUT2D eigenvalue weighted by molar-refractivity contribution is 5.69. The molecule has 0 saturated heterocycles. The van der Waals surface area contributed by atoms with E-state index in [0.29, 0.717) is 52.3 Å². The Labute approximate surface area is 329 Å². The van der Waals surface area contributed by atoms with Gasteiger partial charge in [-0.3, -0.25) is 14.7 Å². The molecule has 3 aromatic carbocycles. The van der Waals surface area contributed by atoms with Gasteiger partial charge in [0.15, 0.2) is 34.5 Å².